The molecule has 33 heavy (non-hydrogen) atoms. The van der Waals surface area contributed by atoms with Crippen LogP contribution in [0.4, 0.5) is 5.69 Å². The highest BCUT2D eigenvalue weighted by Crippen LogP contribution is 2.24. The number of thioether (sulfide) groups is 1. The molecule has 0 saturated heterocycles. The molecule has 0 aliphatic rings. The lowest BCUT2D eigenvalue weighted by molar-refractivity contribution is -0.384. The van der Waals surface area contributed by atoms with E-state index in [9.17, 15) is 19.7 Å². The minimum atomic E-state index is -0.680. The van der Waals surface area contributed by atoms with Crippen LogP contribution in [0.1, 0.15) is 37.8 Å². The van der Waals surface area contributed by atoms with Gasteiger partial charge in [0.2, 0.25) is 11.8 Å². The van der Waals surface area contributed by atoms with Crippen molar-refractivity contribution >= 4 is 52.5 Å². The van der Waals surface area contributed by atoms with E-state index in [1.807, 2.05) is 6.92 Å². The van der Waals surface area contributed by atoms with E-state index in [2.05, 4.69) is 5.32 Å². The van der Waals surface area contributed by atoms with Crippen LogP contribution in [0.3, 0.4) is 0 Å². The molecule has 0 radical (unpaired) electrons. The molecule has 0 unspecified atom stereocenters. The molecule has 0 aromatic heterocycles. The van der Waals surface area contributed by atoms with Crippen LogP contribution in [0.2, 0.25) is 10.0 Å². The Bertz CT molecular complexity index is 973. The number of hydrogen-bond donors (Lipinski definition) is 1. The first-order valence-corrected chi connectivity index (χ1v) is 12.5. The van der Waals surface area contributed by atoms with Gasteiger partial charge in [0.25, 0.3) is 5.69 Å². The third-order valence-corrected chi connectivity index (χ3v) is 6.57. The quantitative estimate of drug-likeness (QED) is 0.231. The van der Waals surface area contributed by atoms with Gasteiger partial charge in [0, 0.05) is 41.0 Å². The van der Waals surface area contributed by atoms with E-state index >= 15 is 0 Å². The maximum absolute atomic E-state index is 13.1. The van der Waals surface area contributed by atoms with E-state index in [-0.39, 0.29) is 29.8 Å². The molecule has 1 atom stereocenters. The molecule has 7 nitrogen and oxygen atoms in total. The van der Waals surface area contributed by atoms with Crippen molar-refractivity contribution in [2.24, 2.45) is 0 Å². The summed E-state index contributed by atoms with van der Waals surface area (Å²) in [6.45, 7) is 4.47. The molecular weight excluding hydrogens is 485 g/mol. The van der Waals surface area contributed by atoms with Crippen molar-refractivity contribution < 1.29 is 14.5 Å². The summed E-state index contributed by atoms with van der Waals surface area (Å²) in [5.74, 6) is 0.235. The van der Waals surface area contributed by atoms with E-state index in [1.165, 1.54) is 28.8 Å². The van der Waals surface area contributed by atoms with Gasteiger partial charge >= 0.3 is 0 Å². The van der Waals surface area contributed by atoms with Crippen LogP contribution in [0, 0.1) is 10.1 Å². The van der Waals surface area contributed by atoms with Gasteiger partial charge in [-0.25, -0.2) is 0 Å². The Morgan fingerprint density at radius 1 is 1.18 bits per heavy atom. The van der Waals surface area contributed by atoms with Gasteiger partial charge < -0.3 is 10.2 Å². The SMILES string of the molecule is CCCCNC(=O)[C@@H](C)N(Cc1ccc(Cl)cc1Cl)C(=O)CSCc1ccc([N+](=O)[O-])cc1. The zero-order chi connectivity index (χ0) is 24.4. The van der Waals surface area contributed by atoms with E-state index in [4.69, 9.17) is 23.2 Å². The lowest BCUT2D eigenvalue weighted by atomic mass is 10.1. The number of nitro groups is 1. The highest BCUT2D eigenvalue weighted by atomic mass is 35.5. The molecule has 1 N–H and O–H groups in total. The molecule has 2 aromatic rings. The van der Waals surface area contributed by atoms with Gasteiger partial charge in [0.1, 0.15) is 6.04 Å². The Kier molecular flexibility index (Phi) is 11.0. The number of nitro benzene ring substituents is 1. The number of benzene rings is 2. The number of non-ortho nitro benzene ring substituents is 1. The number of carbonyl (C=O) groups excluding carboxylic acids is 2. The Morgan fingerprint density at radius 3 is 2.48 bits per heavy atom. The molecule has 0 bridgehead atoms. The number of unbranched alkanes of at least 4 members (excludes halogenated alkanes) is 1. The van der Waals surface area contributed by atoms with Crippen molar-refractivity contribution in [1.82, 2.24) is 10.2 Å². The molecule has 2 amide bonds. The van der Waals surface area contributed by atoms with Gasteiger partial charge in [-0.15, -0.1) is 11.8 Å². The molecule has 0 fully saturated rings. The summed E-state index contributed by atoms with van der Waals surface area (Å²) in [6, 6.07) is 10.6. The number of halogens is 2. The summed E-state index contributed by atoms with van der Waals surface area (Å²) < 4.78 is 0. The molecule has 178 valence electrons. The molecule has 0 spiro atoms. The van der Waals surface area contributed by atoms with Crippen LogP contribution in [-0.2, 0) is 21.9 Å². The third-order valence-electron chi connectivity index (χ3n) is 4.99. The molecule has 2 aromatic carbocycles. The van der Waals surface area contributed by atoms with Crippen LogP contribution in [0.25, 0.3) is 0 Å². The molecule has 2 rings (SSSR count). The maximum Gasteiger partial charge on any atom is 0.269 e. The summed E-state index contributed by atoms with van der Waals surface area (Å²) in [5, 5.41) is 14.6. The zero-order valence-corrected chi connectivity index (χ0v) is 20.9. The minimum Gasteiger partial charge on any atom is -0.354 e. The molecular formula is C23H27Cl2N3O4S. The van der Waals surface area contributed by atoms with Gasteiger partial charge in [0.05, 0.1) is 10.7 Å². The van der Waals surface area contributed by atoms with Crippen molar-refractivity contribution in [3.05, 3.63) is 73.8 Å². The second kappa shape index (κ2) is 13.4. The molecule has 0 saturated carbocycles. The molecule has 10 heteroatoms. The average molecular weight is 512 g/mol. The monoisotopic (exact) mass is 511 g/mol. The first-order valence-electron chi connectivity index (χ1n) is 10.5. The summed E-state index contributed by atoms with van der Waals surface area (Å²) in [6.07, 6.45) is 1.82. The molecule has 0 aliphatic carbocycles. The van der Waals surface area contributed by atoms with Crippen molar-refractivity contribution in [3.63, 3.8) is 0 Å². The van der Waals surface area contributed by atoms with E-state index in [1.54, 1.807) is 37.3 Å². The van der Waals surface area contributed by atoms with Crippen molar-refractivity contribution in [2.75, 3.05) is 12.3 Å². The summed E-state index contributed by atoms with van der Waals surface area (Å²) in [7, 11) is 0. The van der Waals surface area contributed by atoms with Gasteiger partial charge in [-0.2, -0.15) is 0 Å². The first kappa shape index (κ1) is 27.0. The largest absolute Gasteiger partial charge is 0.354 e. The van der Waals surface area contributed by atoms with Gasteiger partial charge in [-0.1, -0.05) is 54.7 Å². The van der Waals surface area contributed by atoms with Crippen LogP contribution in [-0.4, -0.2) is 40.0 Å². The topological polar surface area (TPSA) is 92.6 Å². The third kappa shape index (κ3) is 8.53. The summed E-state index contributed by atoms with van der Waals surface area (Å²) in [4.78, 5) is 37.6. The Morgan fingerprint density at radius 2 is 1.88 bits per heavy atom. The van der Waals surface area contributed by atoms with Crippen molar-refractivity contribution in [2.45, 2.75) is 45.0 Å². The predicted octanol–water partition coefficient (Wildman–Crippen LogP) is 5.47. The van der Waals surface area contributed by atoms with Gasteiger partial charge in [-0.3, -0.25) is 19.7 Å². The number of nitrogens with one attached hydrogen (secondary N) is 1. The second-order valence-corrected chi connectivity index (χ2v) is 9.32. The number of carbonyl (C=O) groups is 2. The lowest BCUT2D eigenvalue weighted by Gasteiger charge is -2.29. The number of nitrogens with zero attached hydrogens (tertiary/aromatic N) is 2. The second-order valence-electron chi connectivity index (χ2n) is 7.49. The van der Waals surface area contributed by atoms with E-state index in [0.717, 1.165) is 18.4 Å². The summed E-state index contributed by atoms with van der Waals surface area (Å²) >= 11 is 13.7. The Balaban J connectivity index is 2.07. The number of rotatable bonds is 12. The standard InChI is InChI=1S/C23H27Cl2N3O4S/c1-3-4-11-26-23(30)16(2)27(13-18-7-8-19(24)12-21(18)25)22(29)15-33-14-17-5-9-20(10-6-17)28(31)32/h5-10,12,16H,3-4,11,13-15H2,1-2H3,(H,26,30)/t16-/m1/s1. The van der Waals surface area contributed by atoms with Gasteiger partial charge in [0.15, 0.2) is 0 Å². The van der Waals surface area contributed by atoms with Crippen molar-refractivity contribution in [1.29, 1.82) is 0 Å². The van der Waals surface area contributed by atoms with Crippen LogP contribution < -0.4 is 5.32 Å². The predicted molar refractivity (Wildman–Crippen MR) is 134 cm³/mol. The smallest absolute Gasteiger partial charge is 0.269 e. The fourth-order valence-corrected chi connectivity index (χ4v) is 4.34. The highest BCUT2D eigenvalue weighted by molar-refractivity contribution is 7.99. The minimum absolute atomic E-state index is 0.0220. The van der Waals surface area contributed by atoms with Crippen LogP contribution in [0.5, 0.6) is 0 Å². The molecule has 0 aliphatic heterocycles. The van der Waals surface area contributed by atoms with E-state index < -0.39 is 11.0 Å². The highest BCUT2D eigenvalue weighted by Gasteiger charge is 2.26. The first-order chi connectivity index (χ1) is 15.7. The zero-order valence-electron chi connectivity index (χ0n) is 18.6. The van der Waals surface area contributed by atoms with Crippen LogP contribution >= 0.6 is 35.0 Å². The summed E-state index contributed by atoms with van der Waals surface area (Å²) in [5.41, 5.74) is 1.59. The number of hydrogen-bond acceptors (Lipinski definition) is 5. The molecule has 0 heterocycles. The Hall–Kier alpha value is -2.29. The fourth-order valence-electron chi connectivity index (χ4n) is 3.01. The van der Waals surface area contributed by atoms with Crippen LogP contribution in [0.15, 0.2) is 42.5 Å². The van der Waals surface area contributed by atoms with E-state index in [0.29, 0.717) is 27.9 Å². The number of amides is 2. The average Bonchev–Trinajstić information content (AvgIpc) is 2.78. The normalized spacial score (nSPS) is 11.6. The maximum atomic E-state index is 13.1. The fraction of sp³-hybridized carbons (Fsp3) is 0.391. The van der Waals surface area contributed by atoms with Gasteiger partial charge in [-0.05, 0) is 36.6 Å². The Labute approximate surface area is 208 Å². The van der Waals surface area contributed by atoms with Crippen molar-refractivity contribution in [3.8, 4) is 0 Å². The lowest BCUT2D eigenvalue weighted by Crippen LogP contribution is -2.48.